The second kappa shape index (κ2) is 19.9. The van der Waals surface area contributed by atoms with E-state index in [2.05, 4.69) is 96.6 Å². The summed E-state index contributed by atoms with van der Waals surface area (Å²) in [6.07, 6.45) is 15.0. The first-order chi connectivity index (χ1) is 32.6. The molecule has 4 fully saturated rings. The molecule has 13 heteroatoms. The summed E-state index contributed by atoms with van der Waals surface area (Å²) in [5, 5.41) is 7.16. The third-order valence-corrected chi connectivity index (χ3v) is 17.3. The highest BCUT2D eigenvalue weighted by molar-refractivity contribution is 9.10. The summed E-state index contributed by atoms with van der Waals surface area (Å²) >= 11 is 5.24. The van der Waals surface area contributed by atoms with E-state index in [-0.39, 0.29) is 34.2 Å². The Labute approximate surface area is 414 Å². The number of hydrogen-bond donors (Lipinski definition) is 3. The van der Waals surface area contributed by atoms with Gasteiger partial charge in [0.15, 0.2) is 0 Å². The number of likely N-dealkylation sites (tertiary alicyclic amines) is 2. The molecule has 10 rings (SSSR count). The van der Waals surface area contributed by atoms with Gasteiger partial charge in [0.2, 0.25) is 11.8 Å². The van der Waals surface area contributed by atoms with E-state index in [1.54, 1.807) is 16.2 Å². The summed E-state index contributed by atoms with van der Waals surface area (Å²) in [6.45, 7) is 13.0. The van der Waals surface area contributed by atoms with Gasteiger partial charge in [-0.25, -0.2) is 4.98 Å². The number of nitrogens with two attached hydrogens (primary N) is 1. The van der Waals surface area contributed by atoms with Crippen LogP contribution >= 0.6 is 27.3 Å². The predicted molar refractivity (Wildman–Crippen MR) is 278 cm³/mol. The van der Waals surface area contributed by atoms with Crippen molar-refractivity contribution in [1.82, 2.24) is 35.0 Å². The summed E-state index contributed by atoms with van der Waals surface area (Å²) < 4.78 is 3.15. The van der Waals surface area contributed by atoms with Gasteiger partial charge in [-0.1, -0.05) is 88.9 Å². The minimum Gasteiger partial charge on any atom is -0.401 e. The summed E-state index contributed by atoms with van der Waals surface area (Å²) in [4.78, 5) is 54.6. The lowest BCUT2D eigenvalue weighted by Gasteiger charge is -2.36. The van der Waals surface area contributed by atoms with Crippen LogP contribution in [-0.4, -0.2) is 74.9 Å². The lowest BCUT2D eigenvalue weighted by Crippen LogP contribution is -2.55. The van der Waals surface area contributed by atoms with Crippen molar-refractivity contribution < 1.29 is 9.59 Å². The van der Waals surface area contributed by atoms with Crippen molar-refractivity contribution in [3.63, 3.8) is 0 Å². The van der Waals surface area contributed by atoms with Gasteiger partial charge in [-0.3, -0.25) is 19.0 Å². The minimum atomic E-state index is -0.464. The minimum absolute atomic E-state index is 0.0419. The molecular formula is C55H69BrN8O3S. The van der Waals surface area contributed by atoms with Crippen LogP contribution in [0.15, 0.2) is 87.3 Å². The number of aryl methyl sites for hydroxylation is 1. The van der Waals surface area contributed by atoms with Crippen molar-refractivity contribution in [2.75, 3.05) is 26.7 Å². The molecule has 0 radical (unpaired) electrons. The van der Waals surface area contributed by atoms with Crippen LogP contribution in [-0.2, 0) is 15.0 Å². The monoisotopic (exact) mass is 1000 g/mol. The number of allylic oxidation sites excluding steroid dienone is 1. The Bertz CT molecular complexity index is 2740. The fourth-order valence-corrected chi connectivity index (χ4v) is 12.7. The second-order valence-electron chi connectivity index (χ2n) is 21.3. The quantitative estimate of drug-likeness (QED) is 0.133. The Hall–Kier alpha value is -4.85. The van der Waals surface area contributed by atoms with Crippen LogP contribution in [0.25, 0.3) is 27.0 Å². The molecule has 2 aromatic heterocycles. The van der Waals surface area contributed by atoms with Crippen LogP contribution in [0.1, 0.15) is 145 Å². The first-order valence-corrected chi connectivity index (χ1v) is 26.7. The molecule has 5 aromatic rings. The number of carbonyl (C=O) groups excluding carboxylic acids is 2. The van der Waals surface area contributed by atoms with Crippen molar-refractivity contribution in [3.8, 4) is 16.1 Å². The summed E-state index contributed by atoms with van der Waals surface area (Å²) in [5.41, 5.74) is 16.6. The number of aromatic nitrogens is 3. The molecule has 2 saturated heterocycles. The third kappa shape index (κ3) is 9.43. The normalized spacial score (nSPS) is 20.5. The zero-order valence-corrected chi connectivity index (χ0v) is 43.1. The number of benzene rings is 3. The van der Waals surface area contributed by atoms with Crippen LogP contribution in [0.3, 0.4) is 0 Å². The lowest BCUT2D eigenvalue weighted by molar-refractivity contribution is -0.142. The average molecular weight is 1000 g/mol. The van der Waals surface area contributed by atoms with Gasteiger partial charge in [0.25, 0.3) is 5.56 Å². The van der Waals surface area contributed by atoms with Gasteiger partial charge in [-0.2, -0.15) is 4.98 Å². The molecule has 11 nitrogen and oxygen atoms in total. The fraction of sp³-hybridized carbons (Fsp3) is 0.509. The number of nitrogens with zero attached hydrogens (tertiary/aromatic N) is 5. The standard InChI is InChI=1S/C29H41N5O2S.C26H28BrN3O/c1-18(20-11-13-22(14-12-20)25-19(2)32-17-37-25)33-27(35)24-10-7-15-34(24)28(36)26(29(3,4)5)31-16-23(30)21-8-6-9-21;1-29-14-10-17(11-15-29)18-8-9-19-22(16-18)30-21-7-5-6-20(27)23(21)24(31)28-25(30)26(19)12-3-2-4-13-26/h11-14,16-18,21,24,26,31H,6-10,15,30H2,1-5H3,(H,33,35);5-9,16-17H,2-4,10-15H2,1H3/b23-16-;. The number of rotatable bonds is 9. The maximum atomic E-state index is 13.7. The van der Waals surface area contributed by atoms with Crippen molar-refractivity contribution in [1.29, 1.82) is 0 Å². The third-order valence-electron chi connectivity index (χ3n) is 15.7. The number of nitrogens with one attached hydrogen (secondary N) is 2. The number of hydrogen-bond acceptors (Lipinski definition) is 9. The van der Waals surface area contributed by atoms with E-state index in [0.717, 1.165) is 88.4 Å². The number of fused-ring (bicyclic) bond motifs is 7. The van der Waals surface area contributed by atoms with Crippen molar-refractivity contribution in [3.05, 3.63) is 121 Å². The number of piperidine rings is 1. The molecule has 2 aliphatic carbocycles. The van der Waals surface area contributed by atoms with Crippen LogP contribution in [0.2, 0.25) is 0 Å². The van der Waals surface area contributed by atoms with Gasteiger partial charge in [0, 0.05) is 22.9 Å². The zero-order valence-electron chi connectivity index (χ0n) is 40.7. The molecule has 3 aromatic carbocycles. The van der Waals surface area contributed by atoms with E-state index in [1.165, 1.54) is 55.3 Å². The molecule has 4 N–H and O–H groups in total. The number of carbonyl (C=O) groups is 2. The van der Waals surface area contributed by atoms with Gasteiger partial charge in [-0.05, 0) is 159 Å². The summed E-state index contributed by atoms with van der Waals surface area (Å²) in [7, 11) is 2.22. The van der Waals surface area contributed by atoms with E-state index in [1.807, 2.05) is 58.5 Å². The predicted octanol–water partition coefficient (Wildman–Crippen LogP) is 10.4. The Morgan fingerprint density at radius 2 is 1.68 bits per heavy atom. The largest absolute Gasteiger partial charge is 0.401 e. The highest BCUT2D eigenvalue weighted by Crippen LogP contribution is 2.52. The van der Waals surface area contributed by atoms with Gasteiger partial charge in [-0.15, -0.1) is 11.3 Å². The van der Waals surface area contributed by atoms with Crippen molar-refractivity contribution >= 4 is 50.0 Å². The molecule has 5 heterocycles. The molecule has 68 heavy (non-hydrogen) atoms. The Kier molecular flexibility index (Phi) is 14.1. The SMILES string of the molecule is CN1CCC(c2ccc3c(c2)-n2c(nc(=O)c4c(Br)cccc42)C32CCCCC2)CC1.Cc1ncsc1-c1ccc(C(C)NC(=O)C2CCCN2C(=O)C(N/C=C(\N)C2CCC2)C(C)(C)C)cc1. The van der Waals surface area contributed by atoms with Crippen LogP contribution < -0.4 is 21.9 Å². The van der Waals surface area contributed by atoms with E-state index >= 15 is 0 Å². The first kappa shape index (κ1) is 48.2. The van der Waals surface area contributed by atoms with Crippen molar-refractivity contribution in [2.24, 2.45) is 17.1 Å². The topological polar surface area (TPSA) is 138 Å². The first-order valence-electron chi connectivity index (χ1n) is 25.0. The van der Waals surface area contributed by atoms with Gasteiger partial charge in [0.1, 0.15) is 17.9 Å². The van der Waals surface area contributed by atoms with Gasteiger partial charge < -0.3 is 26.2 Å². The second-order valence-corrected chi connectivity index (χ2v) is 23.0. The number of amides is 2. The average Bonchev–Trinajstić information content (AvgIpc) is 4.03. The fourth-order valence-electron chi connectivity index (χ4n) is 11.4. The molecule has 2 saturated carbocycles. The molecular weight excluding hydrogens is 933 g/mol. The van der Waals surface area contributed by atoms with Gasteiger partial charge >= 0.3 is 0 Å². The Morgan fingerprint density at radius 3 is 2.34 bits per heavy atom. The lowest BCUT2D eigenvalue weighted by atomic mass is 9.69. The number of halogens is 1. The molecule has 0 bridgehead atoms. The smallest absolute Gasteiger partial charge is 0.281 e. The molecule has 3 atom stereocenters. The highest BCUT2D eigenvalue weighted by atomic mass is 79.9. The Morgan fingerprint density at radius 1 is 0.941 bits per heavy atom. The molecule has 1 spiro atoms. The van der Waals surface area contributed by atoms with Crippen LogP contribution in [0.4, 0.5) is 0 Å². The van der Waals surface area contributed by atoms with Crippen molar-refractivity contribution in [2.45, 2.75) is 141 Å². The van der Waals surface area contributed by atoms with Gasteiger partial charge in [0.05, 0.1) is 44.1 Å². The maximum Gasteiger partial charge on any atom is 0.281 e. The molecule has 3 aliphatic heterocycles. The summed E-state index contributed by atoms with van der Waals surface area (Å²) in [5.74, 6) is 1.85. The summed E-state index contributed by atoms with van der Waals surface area (Å²) in [6, 6.07) is 20.4. The van der Waals surface area contributed by atoms with E-state index < -0.39 is 12.1 Å². The zero-order chi connectivity index (χ0) is 47.9. The van der Waals surface area contributed by atoms with E-state index in [9.17, 15) is 14.4 Å². The Balaban J connectivity index is 0.000000172. The molecule has 2 amide bonds. The molecule has 360 valence electrons. The molecule has 5 aliphatic rings. The van der Waals surface area contributed by atoms with Crippen LogP contribution in [0, 0.1) is 18.3 Å². The van der Waals surface area contributed by atoms with E-state index in [0.29, 0.717) is 30.2 Å². The van der Waals surface area contributed by atoms with Crippen LogP contribution in [0.5, 0.6) is 0 Å². The highest BCUT2D eigenvalue weighted by Gasteiger charge is 2.47. The van der Waals surface area contributed by atoms with E-state index in [4.69, 9.17) is 10.7 Å². The number of thiazole rings is 1. The maximum absolute atomic E-state index is 13.7. The molecule has 3 unspecified atom stereocenters.